The Morgan fingerprint density at radius 1 is 1.23 bits per heavy atom. The average Bonchev–Trinajstić information content (AvgIpc) is 2.52. The summed E-state index contributed by atoms with van der Waals surface area (Å²) in [5.41, 5.74) is 2.47. The van der Waals surface area contributed by atoms with Gasteiger partial charge in [0.2, 0.25) is 0 Å². The van der Waals surface area contributed by atoms with Crippen LogP contribution in [-0.2, 0) is 4.79 Å². The summed E-state index contributed by atoms with van der Waals surface area (Å²) < 4.78 is 5.13. The van der Waals surface area contributed by atoms with Crippen molar-refractivity contribution in [3.63, 3.8) is 0 Å². The molecule has 1 amide bonds. The number of benzene rings is 2. The number of hydrogen-bond acceptors (Lipinski definition) is 3. The van der Waals surface area contributed by atoms with Crippen LogP contribution in [0.1, 0.15) is 11.1 Å². The molecule has 0 radical (unpaired) electrons. The molecular formula is C18H16N2O2. The van der Waals surface area contributed by atoms with Crippen LogP contribution in [0, 0.1) is 18.3 Å². The first-order chi connectivity index (χ1) is 10.6. The highest BCUT2D eigenvalue weighted by molar-refractivity contribution is 6.09. The highest BCUT2D eigenvalue weighted by Gasteiger charge is 2.09. The van der Waals surface area contributed by atoms with E-state index in [-0.39, 0.29) is 5.57 Å². The molecular weight excluding hydrogens is 276 g/mol. The molecule has 0 spiro atoms. The molecule has 110 valence electrons. The average molecular weight is 292 g/mol. The minimum atomic E-state index is -0.434. The minimum absolute atomic E-state index is 0.0368. The first-order valence-corrected chi connectivity index (χ1v) is 6.76. The summed E-state index contributed by atoms with van der Waals surface area (Å²) in [7, 11) is 1.57. The van der Waals surface area contributed by atoms with Crippen molar-refractivity contribution in [3.05, 3.63) is 65.2 Å². The molecule has 0 saturated carbocycles. The second kappa shape index (κ2) is 7.09. The van der Waals surface area contributed by atoms with Crippen LogP contribution in [-0.4, -0.2) is 13.0 Å². The van der Waals surface area contributed by atoms with Gasteiger partial charge in [0.1, 0.15) is 17.4 Å². The lowest BCUT2D eigenvalue weighted by molar-refractivity contribution is -0.112. The molecule has 22 heavy (non-hydrogen) atoms. The molecule has 2 aromatic rings. The fourth-order valence-corrected chi connectivity index (χ4v) is 1.97. The van der Waals surface area contributed by atoms with Crippen LogP contribution in [0.4, 0.5) is 5.69 Å². The molecule has 0 saturated heterocycles. The molecule has 4 nitrogen and oxygen atoms in total. The van der Waals surface area contributed by atoms with Crippen LogP contribution in [0.3, 0.4) is 0 Å². The number of methoxy groups -OCH3 is 1. The van der Waals surface area contributed by atoms with Crippen LogP contribution in [0.25, 0.3) is 6.08 Å². The molecule has 4 heteroatoms. The number of nitrogens with zero attached hydrogens (tertiary/aromatic N) is 1. The Hall–Kier alpha value is -3.06. The molecule has 1 N–H and O–H groups in total. The highest BCUT2D eigenvalue weighted by atomic mass is 16.5. The molecule has 0 aliphatic carbocycles. The van der Waals surface area contributed by atoms with E-state index in [4.69, 9.17) is 4.74 Å². The highest BCUT2D eigenvalue weighted by Crippen LogP contribution is 2.16. The fourth-order valence-electron chi connectivity index (χ4n) is 1.97. The van der Waals surface area contributed by atoms with E-state index in [0.29, 0.717) is 11.4 Å². The summed E-state index contributed by atoms with van der Waals surface area (Å²) >= 11 is 0. The summed E-state index contributed by atoms with van der Waals surface area (Å²) in [4.78, 5) is 12.2. The standard InChI is InChI=1S/C18H16N2O2/c1-13-5-3-7-16(9-13)20-18(21)15(12-19)10-14-6-4-8-17(11-14)22-2/h3-11H,1-2H3,(H,20,21)/b15-10+. The number of aryl methyl sites for hydroxylation is 1. The fraction of sp³-hybridized carbons (Fsp3) is 0.111. The number of carbonyl (C=O) groups excluding carboxylic acids is 1. The molecule has 0 bridgehead atoms. The molecule has 2 aromatic carbocycles. The van der Waals surface area contributed by atoms with E-state index < -0.39 is 5.91 Å². The number of anilines is 1. The third kappa shape index (κ3) is 3.97. The number of nitriles is 1. The molecule has 0 heterocycles. The molecule has 0 unspecified atom stereocenters. The van der Waals surface area contributed by atoms with Crippen molar-refractivity contribution in [3.8, 4) is 11.8 Å². The SMILES string of the molecule is COc1cccc(/C=C(\C#N)C(=O)Nc2cccc(C)c2)c1. The lowest BCUT2D eigenvalue weighted by Gasteiger charge is -2.05. The Morgan fingerprint density at radius 2 is 2.00 bits per heavy atom. The van der Waals surface area contributed by atoms with Crippen molar-refractivity contribution in [2.75, 3.05) is 12.4 Å². The third-order valence-electron chi connectivity index (χ3n) is 3.05. The first kappa shape index (κ1) is 15.3. The second-order valence-corrected chi connectivity index (χ2v) is 4.77. The van der Waals surface area contributed by atoms with E-state index in [1.165, 1.54) is 6.08 Å². The number of ether oxygens (including phenoxy) is 1. The van der Waals surface area contributed by atoms with Gasteiger partial charge in [-0.3, -0.25) is 4.79 Å². The maximum absolute atomic E-state index is 12.2. The number of nitrogens with one attached hydrogen (secondary N) is 1. The predicted octanol–water partition coefficient (Wildman–Crippen LogP) is 3.55. The van der Waals surface area contributed by atoms with E-state index in [0.717, 1.165) is 11.1 Å². The van der Waals surface area contributed by atoms with Gasteiger partial charge >= 0.3 is 0 Å². The van der Waals surface area contributed by atoms with E-state index in [1.54, 1.807) is 37.4 Å². The van der Waals surface area contributed by atoms with Crippen molar-refractivity contribution in [1.29, 1.82) is 5.26 Å². The maximum atomic E-state index is 12.2. The van der Waals surface area contributed by atoms with Gasteiger partial charge in [-0.1, -0.05) is 24.3 Å². The van der Waals surface area contributed by atoms with Crippen molar-refractivity contribution in [1.82, 2.24) is 0 Å². The van der Waals surface area contributed by atoms with Crippen molar-refractivity contribution < 1.29 is 9.53 Å². The minimum Gasteiger partial charge on any atom is -0.497 e. The van der Waals surface area contributed by atoms with Gasteiger partial charge in [0.05, 0.1) is 7.11 Å². The van der Waals surface area contributed by atoms with Gasteiger partial charge in [0, 0.05) is 5.69 Å². The summed E-state index contributed by atoms with van der Waals surface area (Å²) in [6, 6.07) is 16.5. The zero-order valence-electron chi connectivity index (χ0n) is 12.5. The summed E-state index contributed by atoms with van der Waals surface area (Å²) in [5, 5.41) is 11.9. The van der Waals surface area contributed by atoms with Gasteiger partial charge in [-0.05, 0) is 48.4 Å². The molecule has 0 aliphatic rings. The summed E-state index contributed by atoms with van der Waals surface area (Å²) in [5.74, 6) is 0.237. The van der Waals surface area contributed by atoms with Gasteiger partial charge in [0.15, 0.2) is 0 Å². The number of hydrogen-bond donors (Lipinski definition) is 1. The number of rotatable bonds is 4. The van der Waals surface area contributed by atoms with Gasteiger partial charge in [-0.2, -0.15) is 5.26 Å². The quantitative estimate of drug-likeness (QED) is 0.692. The zero-order chi connectivity index (χ0) is 15.9. The molecule has 0 aliphatic heterocycles. The molecule has 0 atom stereocenters. The van der Waals surface area contributed by atoms with Crippen molar-refractivity contribution in [2.45, 2.75) is 6.92 Å². The Kier molecular flexibility index (Phi) is 4.94. The van der Waals surface area contributed by atoms with E-state index in [2.05, 4.69) is 5.32 Å². The molecule has 0 aromatic heterocycles. The largest absolute Gasteiger partial charge is 0.497 e. The van der Waals surface area contributed by atoms with Crippen LogP contribution >= 0.6 is 0 Å². The Bertz CT molecular complexity index is 758. The monoisotopic (exact) mass is 292 g/mol. The van der Waals surface area contributed by atoms with E-state index in [9.17, 15) is 10.1 Å². The Labute approximate surface area is 129 Å². The lowest BCUT2D eigenvalue weighted by Crippen LogP contribution is -2.13. The van der Waals surface area contributed by atoms with Crippen molar-refractivity contribution in [2.24, 2.45) is 0 Å². The van der Waals surface area contributed by atoms with E-state index >= 15 is 0 Å². The first-order valence-electron chi connectivity index (χ1n) is 6.76. The van der Waals surface area contributed by atoms with E-state index in [1.807, 2.05) is 31.2 Å². The van der Waals surface area contributed by atoms with Crippen LogP contribution in [0.2, 0.25) is 0 Å². The molecule has 2 rings (SSSR count). The Balaban J connectivity index is 2.21. The van der Waals surface area contributed by atoms with Crippen LogP contribution in [0.15, 0.2) is 54.1 Å². The van der Waals surface area contributed by atoms with Crippen LogP contribution < -0.4 is 10.1 Å². The van der Waals surface area contributed by atoms with Gasteiger partial charge in [0.25, 0.3) is 5.91 Å². The molecule has 0 fully saturated rings. The summed E-state index contributed by atoms with van der Waals surface area (Å²) in [6.07, 6.45) is 1.54. The van der Waals surface area contributed by atoms with Gasteiger partial charge in [-0.15, -0.1) is 0 Å². The van der Waals surface area contributed by atoms with Crippen molar-refractivity contribution >= 4 is 17.7 Å². The number of carbonyl (C=O) groups is 1. The predicted molar refractivity (Wildman–Crippen MR) is 86.4 cm³/mol. The summed E-state index contributed by atoms with van der Waals surface area (Å²) in [6.45, 7) is 1.94. The number of amides is 1. The second-order valence-electron chi connectivity index (χ2n) is 4.77. The zero-order valence-corrected chi connectivity index (χ0v) is 12.5. The maximum Gasteiger partial charge on any atom is 0.266 e. The van der Waals surface area contributed by atoms with Gasteiger partial charge < -0.3 is 10.1 Å². The topological polar surface area (TPSA) is 62.1 Å². The van der Waals surface area contributed by atoms with Crippen LogP contribution in [0.5, 0.6) is 5.75 Å². The smallest absolute Gasteiger partial charge is 0.266 e. The lowest BCUT2D eigenvalue weighted by atomic mass is 10.1. The van der Waals surface area contributed by atoms with Gasteiger partial charge in [-0.25, -0.2) is 0 Å². The Morgan fingerprint density at radius 3 is 2.68 bits per heavy atom. The normalized spacial score (nSPS) is 10.7. The third-order valence-corrected chi connectivity index (χ3v) is 3.05.